The summed E-state index contributed by atoms with van der Waals surface area (Å²) in [5.74, 6) is 5.45. The van der Waals surface area contributed by atoms with Gasteiger partial charge in [-0.3, -0.25) is 0 Å². The highest BCUT2D eigenvalue weighted by Crippen LogP contribution is 2.81. The molecule has 27 heavy (non-hydrogen) atoms. The molecule has 1 aliphatic heterocycles. The van der Waals surface area contributed by atoms with E-state index in [2.05, 4.69) is 0 Å². The first kappa shape index (κ1) is 17.7. The minimum Gasteiger partial charge on any atom is -0.233 e. The van der Waals surface area contributed by atoms with Crippen LogP contribution in [0.2, 0.25) is 0 Å². The minimum absolute atomic E-state index is 0.0122. The van der Waals surface area contributed by atoms with Crippen molar-refractivity contribution in [1.82, 2.24) is 0 Å². The molecule has 8 saturated carbocycles. The lowest BCUT2D eigenvalue weighted by Gasteiger charge is -2.70. The van der Waals surface area contributed by atoms with Crippen LogP contribution in [0.3, 0.4) is 0 Å². The molecule has 2 unspecified atom stereocenters. The molecule has 9 fully saturated rings. The van der Waals surface area contributed by atoms with Crippen LogP contribution in [0, 0.1) is 46.3 Å². The summed E-state index contributed by atoms with van der Waals surface area (Å²) in [6, 6.07) is 0. The van der Waals surface area contributed by atoms with Gasteiger partial charge >= 0.3 is 0 Å². The fraction of sp³-hybridized carbons (Fsp3) is 1.00. The van der Waals surface area contributed by atoms with Gasteiger partial charge in [-0.15, -0.1) is 0 Å². The average Bonchev–Trinajstić information content (AvgIpc) is 2.90. The van der Waals surface area contributed by atoms with E-state index in [9.17, 15) is 8.42 Å². The van der Waals surface area contributed by atoms with Crippen LogP contribution in [0.4, 0.5) is 0 Å². The van der Waals surface area contributed by atoms with Crippen LogP contribution in [0.5, 0.6) is 0 Å². The molecule has 0 amide bonds. The fourth-order valence-corrected chi connectivity index (χ4v) is 23.3. The Kier molecular flexibility index (Phi) is 3.67. The Bertz CT molecular complexity index is 614. The largest absolute Gasteiger partial charge is 0.233 e. The molecule has 0 radical (unpaired) electrons. The van der Waals surface area contributed by atoms with Gasteiger partial charge in [-0.25, -0.2) is 8.42 Å². The second-order valence-corrected chi connectivity index (χ2v) is 20.1. The molecule has 6 heteroatoms. The topological polar surface area (TPSA) is 34.1 Å². The molecule has 8 aliphatic carbocycles. The second-order valence-electron chi connectivity index (χ2n) is 11.6. The molecule has 0 spiro atoms. The predicted octanol–water partition coefficient (Wildman–Crippen LogP) is 5.84. The van der Waals surface area contributed by atoms with Gasteiger partial charge in [0.2, 0.25) is 0 Å². The lowest BCUT2D eigenvalue weighted by molar-refractivity contribution is -0.128. The van der Waals surface area contributed by atoms with Crippen molar-refractivity contribution >= 4 is 39.3 Å². The highest BCUT2D eigenvalue weighted by molar-refractivity contribution is 9.20. The fourth-order valence-electron chi connectivity index (χ4n) is 10.2. The first-order chi connectivity index (χ1) is 13.0. The standard InChI is InChI=1S/C21H30O2S4/c22-26-24-21(25-27(26)23,19-7-13-1-14(8-19)3-15(2-13)9-19)20-10-16-4-17(11-20)6-18(5-16)12-20/h13-18H,1-12H2. The Morgan fingerprint density at radius 3 is 1.04 bits per heavy atom. The molecule has 1 heterocycles. The van der Waals surface area contributed by atoms with Gasteiger partial charge in [0.25, 0.3) is 0 Å². The maximum Gasteiger partial charge on any atom is 0.183 e. The summed E-state index contributed by atoms with van der Waals surface area (Å²) in [4.78, 5) is 0. The lowest BCUT2D eigenvalue weighted by Crippen LogP contribution is -2.65. The van der Waals surface area contributed by atoms with Crippen molar-refractivity contribution in [2.24, 2.45) is 46.3 Å². The first-order valence-electron chi connectivity index (χ1n) is 11.2. The summed E-state index contributed by atoms with van der Waals surface area (Å²) >= 11 is 0. The van der Waals surface area contributed by atoms with E-state index in [0.717, 1.165) is 35.5 Å². The molecule has 2 atom stereocenters. The van der Waals surface area contributed by atoms with Crippen molar-refractivity contribution in [3.63, 3.8) is 0 Å². The van der Waals surface area contributed by atoms with Crippen LogP contribution in [0.15, 0.2) is 0 Å². The third kappa shape index (κ3) is 2.23. The van der Waals surface area contributed by atoms with Gasteiger partial charge in [-0.2, -0.15) is 0 Å². The maximum atomic E-state index is 12.9. The average molecular weight is 443 g/mol. The zero-order chi connectivity index (χ0) is 18.0. The molecule has 2 nitrogen and oxygen atoms in total. The zero-order valence-electron chi connectivity index (χ0n) is 15.9. The van der Waals surface area contributed by atoms with E-state index in [-0.39, 0.29) is 4.08 Å². The molecule has 0 aromatic heterocycles. The van der Waals surface area contributed by atoms with Crippen molar-refractivity contribution in [3.8, 4) is 0 Å². The van der Waals surface area contributed by atoms with E-state index in [4.69, 9.17) is 0 Å². The molecular weight excluding hydrogens is 412 g/mol. The number of hydrogen-bond donors (Lipinski definition) is 0. The zero-order valence-corrected chi connectivity index (χ0v) is 19.2. The van der Waals surface area contributed by atoms with E-state index in [1.165, 1.54) is 77.0 Å². The molecule has 0 aromatic rings. The van der Waals surface area contributed by atoms with E-state index >= 15 is 0 Å². The smallest absolute Gasteiger partial charge is 0.183 e. The summed E-state index contributed by atoms with van der Waals surface area (Å²) < 4.78 is 25.8. The molecule has 9 rings (SSSR count). The molecule has 0 N–H and O–H groups in total. The highest BCUT2D eigenvalue weighted by atomic mass is 33.7. The SMILES string of the molecule is O=S1SC(C23CC4CC(CC(C4)C2)C3)(C23CC4CC(CC(C4)C2)C3)SS1=O. The van der Waals surface area contributed by atoms with Gasteiger partial charge in [0.1, 0.15) is 0 Å². The van der Waals surface area contributed by atoms with E-state index in [1.54, 1.807) is 21.6 Å². The first-order valence-corrected chi connectivity index (χ1v) is 16.7. The van der Waals surface area contributed by atoms with Gasteiger partial charge in [-0.1, -0.05) is 0 Å². The highest BCUT2D eigenvalue weighted by Gasteiger charge is 2.74. The molecule has 150 valence electrons. The third-order valence-corrected chi connectivity index (χ3v) is 21.0. The van der Waals surface area contributed by atoms with Gasteiger partial charge in [0, 0.05) is 0 Å². The van der Waals surface area contributed by atoms with Crippen LogP contribution in [0.25, 0.3) is 0 Å². The minimum atomic E-state index is -1.21. The number of rotatable bonds is 2. The Balaban J connectivity index is 1.40. The van der Waals surface area contributed by atoms with Crippen molar-refractivity contribution in [2.75, 3.05) is 0 Å². The lowest BCUT2D eigenvalue weighted by atomic mass is 9.41. The Morgan fingerprint density at radius 2 is 0.778 bits per heavy atom. The summed E-state index contributed by atoms with van der Waals surface area (Å²) in [6.07, 6.45) is 16.9. The Morgan fingerprint density at radius 1 is 0.519 bits per heavy atom. The van der Waals surface area contributed by atoms with Crippen LogP contribution in [-0.4, -0.2) is 12.5 Å². The number of hydrogen-bond acceptors (Lipinski definition) is 4. The van der Waals surface area contributed by atoms with Crippen molar-refractivity contribution in [1.29, 1.82) is 0 Å². The van der Waals surface area contributed by atoms with Crippen molar-refractivity contribution in [3.05, 3.63) is 0 Å². The monoisotopic (exact) mass is 442 g/mol. The van der Waals surface area contributed by atoms with E-state index in [0.29, 0.717) is 10.8 Å². The molecule has 9 aliphatic rings. The summed E-state index contributed by atoms with van der Waals surface area (Å²) in [6.45, 7) is 0. The molecule has 0 aromatic carbocycles. The van der Waals surface area contributed by atoms with Gasteiger partial charge in [-0.05, 0) is 145 Å². The second kappa shape index (κ2) is 5.62. The van der Waals surface area contributed by atoms with Crippen molar-refractivity contribution in [2.45, 2.75) is 81.1 Å². The van der Waals surface area contributed by atoms with Gasteiger partial charge in [0.05, 0.1) is 4.08 Å². The summed E-state index contributed by atoms with van der Waals surface area (Å²) in [5.41, 5.74) is 0.648. The van der Waals surface area contributed by atoms with Crippen LogP contribution < -0.4 is 0 Å². The Labute approximate surface area is 174 Å². The molecule has 8 bridgehead atoms. The molecular formula is C21H30O2S4. The van der Waals surface area contributed by atoms with Crippen LogP contribution >= 0.6 is 21.6 Å². The molecule has 1 saturated heterocycles. The van der Waals surface area contributed by atoms with Crippen molar-refractivity contribution < 1.29 is 8.42 Å². The maximum absolute atomic E-state index is 12.9. The quantitative estimate of drug-likeness (QED) is 0.503. The predicted molar refractivity (Wildman–Crippen MR) is 115 cm³/mol. The normalized spacial score (nSPS) is 65.9. The van der Waals surface area contributed by atoms with Crippen LogP contribution in [-0.2, 0) is 17.7 Å². The van der Waals surface area contributed by atoms with E-state index in [1.807, 2.05) is 0 Å². The van der Waals surface area contributed by atoms with Crippen LogP contribution in [0.1, 0.15) is 77.0 Å². The third-order valence-electron chi connectivity index (χ3n) is 9.95. The van der Waals surface area contributed by atoms with Gasteiger partial charge < -0.3 is 0 Å². The summed E-state index contributed by atoms with van der Waals surface area (Å²) in [7, 11) is 1.04. The van der Waals surface area contributed by atoms with E-state index < -0.39 is 17.7 Å². The summed E-state index contributed by atoms with van der Waals surface area (Å²) in [5, 5.41) is 0. The Hall–Kier alpha value is 1.000. The van der Waals surface area contributed by atoms with Gasteiger partial charge in [0.15, 0.2) is 17.7 Å².